The van der Waals surface area contributed by atoms with E-state index in [9.17, 15) is 8.53 Å². The van der Waals surface area contributed by atoms with E-state index in [1.165, 1.54) is 16.3 Å². The fraction of sp³-hybridized carbons (Fsp3) is 0.800. The first-order chi connectivity index (χ1) is 4.27. The van der Waals surface area contributed by atoms with Crippen molar-refractivity contribution < 1.29 is 12.6 Å². The maximum atomic E-state index is 9.83. The number of hydrogen-bond acceptors (Lipinski definition) is 2. The average molecular weight is 211 g/mol. The van der Waals surface area contributed by atoms with Crippen molar-refractivity contribution in [3.63, 3.8) is 0 Å². The number of carbonyl (C=O) groups is 1. The van der Waals surface area contributed by atoms with Gasteiger partial charge in [0.2, 0.25) is 6.41 Å². The van der Waals surface area contributed by atoms with Gasteiger partial charge in [-0.15, -0.1) is 0 Å². The van der Waals surface area contributed by atoms with Crippen LogP contribution in [0.2, 0.25) is 11.4 Å². The number of carbonyl (C=O) groups excluding carboxylic acids is 1. The summed E-state index contributed by atoms with van der Waals surface area (Å²) in [6.07, 6.45) is 0.750. The maximum absolute atomic E-state index is 9.83. The van der Waals surface area contributed by atoms with Gasteiger partial charge in [-0.25, -0.2) is 0 Å². The van der Waals surface area contributed by atoms with Crippen LogP contribution in [-0.4, -0.2) is 43.3 Å². The van der Waals surface area contributed by atoms with Crippen LogP contribution in [0.5, 0.6) is 0 Å². The number of hydrogen-bond donors (Lipinski definition) is 1. The molecule has 0 spiro atoms. The molecule has 0 aliphatic carbocycles. The Labute approximate surface area is 63.9 Å². The molecular formula is C5H14AsNO3. The van der Waals surface area contributed by atoms with Crippen molar-refractivity contribution in [1.29, 1.82) is 0 Å². The predicted octanol–water partition coefficient (Wildman–Crippen LogP) is -0.185. The summed E-state index contributed by atoms with van der Waals surface area (Å²) in [5.41, 5.74) is 2.72. The van der Waals surface area contributed by atoms with Crippen LogP contribution in [0.3, 0.4) is 0 Å². The summed E-state index contributed by atoms with van der Waals surface area (Å²) in [5.74, 6) is 0. The van der Waals surface area contributed by atoms with Crippen molar-refractivity contribution >= 4 is 20.2 Å². The van der Waals surface area contributed by atoms with Gasteiger partial charge in [-0.05, 0) is 0 Å². The van der Waals surface area contributed by atoms with Crippen LogP contribution in [-0.2, 0) is 8.53 Å². The number of rotatable bonds is 1. The minimum atomic E-state index is -3.12. The van der Waals surface area contributed by atoms with Crippen molar-refractivity contribution in [2.75, 3.05) is 14.1 Å². The van der Waals surface area contributed by atoms with Crippen LogP contribution in [0.1, 0.15) is 0 Å². The van der Waals surface area contributed by atoms with Gasteiger partial charge < -0.3 is 4.90 Å². The van der Waals surface area contributed by atoms with Crippen molar-refractivity contribution in [1.82, 2.24) is 4.90 Å². The van der Waals surface area contributed by atoms with E-state index in [1.54, 1.807) is 14.1 Å². The van der Waals surface area contributed by atoms with E-state index in [1.807, 2.05) is 0 Å². The molecule has 0 radical (unpaired) electrons. The molecule has 0 atom stereocenters. The van der Waals surface area contributed by atoms with Crippen molar-refractivity contribution in [3.8, 4) is 0 Å². The first kappa shape index (κ1) is 12.5. The van der Waals surface area contributed by atoms with E-state index in [2.05, 4.69) is 0 Å². The molecule has 10 heavy (non-hydrogen) atoms. The van der Waals surface area contributed by atoms with Crippen LogP contribution in [0.15, 0.2) is 0 Å². The van der Waals surface area contributed by atoms with Crippen molar-refractivity contribution in [2.45, 2.75) is 11.4 Å². The summed E-state index contributed by atoms with van der Waals surface area (Å²) >= 11 is -3.12. The Kier molecular flexibility index (Phi) is 6.93. The molecule has 0 rings (SSSR count). The van der Waals surface area contributed by atoms with Gasteiger partial charge in [0.15, 0.2) is 0 Å². The molecule has 0 aromatic carbocycles. The quantitative estimate of drug-likeness (QED) is 0.483. The second-order valence-corrected chi connectivity index (χ2v) is 7.79. The monoisotopic (exact) mass is 211 g/mol. The fourth-order valence-corrected chi connectivity index (χ4v) is 0. The third-order valence-electron chi connectivity index (χ3n) is 0.211. The van der Waals surface area contributed by atoms with E-state index >= 15 is 0 Å². The Balaban J connectivity index is 0. The number of amides is 1. The van der Waals surface area contributed by atoms with Gasteiger partial charge in [0.25, 0.3) is 0 Å². The minimum absolute atomic E-state index is 0.750. The first-order valence-electron chi connectivity index (χ1n) is 2.67. The SMILES string of the molecule is CN(C)C=O.C[As](C)(=O)O. The van der Waals surface area contributed by atoms with Crippen LogP contribution in [0, 0.1) is 0 Å². The molecule has 0 aromatic rings. The van der Waals surface area contributed by atoms with Gasteiger partial charge in [0, 0.05) is 14.1 Å². The Morgan fingerprint density at radius 2 is 1.50 bits per heavy atom. The van der Waals surface area contributed by atoms with Crippen LogP contribution in [0.25, 0.3) is 0 Å². The van der Waals surface area contributed by atoms with Crippen LogP contribution >= 0.6 is 0 Å². The van der Waals surface area contributed by atoms with Gasteiger partial charge in [-0.1, -0.05) is 0 Å². The molecule has 62 valence electrons. The molecule has 0 bridgehead atoms. The zero-order valence-corrected chi connectivity index (χ0v) is 8.61. The fourth-order valence-electron chi connectivity index (χ4n) is 0. The molecule has 4 nitrogen and oxygen atoms in total. The molecule has 0 aromatic heterocycles. The molecule has 1 amide bonds. The molecule has 0 saturated heterocycles. The van der Waals surface area contributed by atoms with Gasteiger partial charge in [-0.2, -0.15) is 0 Å². The van der Waals surface area contributed by atoms with E-state index in [4.69, 9.17) is 4.10 Å². The van der Waals surface area contributed by atoms with Crippen molar-refractivity contribution in [2.24, 2.45) is 0 Å². The summed E-state index contributed by atoms with van der Waals surface area (Å²) in [6.45, 7) is 0. The summed E-state index contributed by atoms with van der Waals surface area (Å²) in [5, 5.41) is 0. The zero-order valence-electron chi connectivity index (χ0n) is 6.74. The Hall–Kier alpha value is -0.212. The molecule has 0 saturated carbocycles. The van der Waals surface area contributed by atoms with E-state index in [0.717, 1.165) is 6.41 Å². The third kappa shape index (κ3) is 112. The standard InChI is InChI=1S/C3H7NO.C2H7AsO2/c1-4(2)3-5;1-3(2,4)5/h3H,1-2H3;1-2H3,(H,4,5). The van der Waals surface area contributed by atoms with Crippen LogP contribution in [0.4, 0.5) is 0 Å². The summed E-state index contributed by atoms with van der Waals surface area (Å²) in [4.78, 5) is 10.9. The molecule has 1 N–H and O–H groups in total. The van der Waals surface area contributed by atoms with Crippen molar-refractivity contribution in [3.05, 3.63) is 0 Å². The van der Waals surface area contributed by atoms with Crippen LogP contribution < -0.4 is 0 Å². The van der Waals surface area contributed by atoms with Gasteiger partial charge >= 0.3 is 33.1 Å². The van der Waals surface area contributed by atoms with Gasteiger partial charge in [0.05, 0.1) is 0 Å². The molecule has 5 heteroatoms. The average Bonchev–Trinajstić information content (AvgIpc) is 1.61. The summed E-state index contributed by atoms with van der Waals surface area (Å²) in [7, 11) is 3.38. The molecule has 0 heterocycles. The normalized spacial score (nSPS) is 9.30. The molecule has 0 unspecified atom stereocenters. The molecule has 0 aliphatic heterocycles. The summed E-state index contributed by atoms with van der Waals surface area (Å²) in [6, 6.07) is 0. The van der Waals surface area contributed by atoms with Gasteiger partial charge in [-0.3, -0.25) is 4.79 Å². The zero-order chi connectivity index (χ0) is 8.78. The Bertz CT molecular complexity index is 121. The molecule has 0 fully saturated rings. The first-order valence-corrected chi connectivity index (χ1v) is 8.02. The van der Waals surface area contributed by atoms with E-state index in [-0.39, 0.29) is 0 Å². The predicted molar refractivity (Wildman–Crippen MR) is 40.1 cm³/mol. The Morgan fingerprint density at radius 1 is 1.40 bits per heavy atom. The summed E-state index contributed by atoms with van der Waals surface area (Å²) < 4.78 is 18.0. The third-order valence-corrected chi connectivity index (χ3v) is 0.211. The molecular weight excluding hydrogens is 197 g/mol. The number of nitrogens with zero attached hydrogens (tertiary/aromatic N) is 1. The topological polar surface area (TPSA) is 57.6 Å². The van der Waals surface area contributed by atoms with E-state index in [0.29, 0.717) is 0 Å². The van der Waals surface area contributed by atoms with Gasteiger partial charge in [0.1, 0.15) is 0 Å². The molecule has 0 aliphatic rings. The Morgan fingerprint density at radius 3 is 1.50 bits per heavy atom. The second-order valence-electron chi connectivity index (χ2n) is 2.36. The van der Waals surface area contributed by atoms with E-state index < -0.39 is 13.8 Å². The second kappa shape index (κ2) is 5.56.